The molecule has 0 spiro atoms. The second-order valence-corrected chi connectivity index (χ2v) is 4.82. The highest BCUT2D eigenvalue weighted by molar-refractivity contribution is 5.96. The number of ether oxygens (including phenoxy) is 1. The lowest BCUT2D eigenvalue weighted by molar-refractivity contribution is -0.121. The summed E-state index contributed by atoms with van der Waals surface area (Å²) in [6, 6.07) is 17.7. The predicted octanol–water partition coefficient (Wildman–Crippen LogP) is 3.72. The number of amides is 1. The molecule has 2 rings (SSSR count). The highest BCUT2D eigenvalue weighted by atomic mass is 16.5. The average Bonchev–Trinajstić information content (AvgIpc) is 2.47. The van der Waals surface area contributed by atoms with Crippen LogP contribution in [0.4, 0.5) is 5.69 Å². The third-order valence-electron chi connectivity index (χ3n) is 2.83. The van der Waals surface area contributed by atoms with Gasteiger partial charge in [0.2, 0.25) is 5.91 Å². The van der Waals surface area contributed by atoms with E-state index in [2.05, 4.69) is 5.32 Å². The minimum Gasteiger partial charge on any atom is -0.369 e. The molecule has 104 valence electrons. The van der Waals surface area contributed by atoms with Gasteiger partial charge in [-0.1, -0.05) is 48.5 Å². The first-order valence-corrected chi connectivity index (χ1v) is 6.72. The smallest absolute Gasteiger partial charge is 0.250 e. The van der Waals surface area contributed by atoms with Crippen molar-refractivity contribution in [2.24, 2.45) is 0 Å². The molecule has 0 aliphatic rings. The Labute approximate surface area is 119 Å². The van der Waals surface area contributed by atoms with Gasteiger partial charge in [0.25, 0.3) is 0 Å². The van der Waals surface area contributed by atoms with Crippen LogP contribution in [-0.2, 0) is 9.53 Å². The Morgan fingerprint density at radius 3 is 2.40 bits per heavy atom. The number of para-hydroxylation sites is 1. The summed E-state index contributed by atoms with van der Waals surface area (Å²) in [5, 5.41) is 2.90. The van der Waals surface area contributed by atoms with E-state index in [1.165, 1.54) is 0 Å². The zero-order valence-corrected chi connectivity index (χ0v) is 11.8. The summed E-state index contributed by atoms with van der Waals surface area (Å²) >= 11 is 0. The van der Waals surface area contributed by atoms with Gasteiger partial charge in [-0.25, -0.2) is 0 Å². The van der Waals surface area contributed by atoms with Crippen LogP contribution in [0.15, 0.2) is 54.6 Å². The van der Waals surface area contributed by atoms with Gasteiger partial charge in [-0.2, -0.15) is 0 Å². The molecule has 0 saturated carbocycles. The molecule has 2 aromatic carbocycles. The van der Waals surface area contributed by atoms with Crippen LogP contribution in [0.3, 0.4) is 0 Å². The Morgan fingerprint density at radius 1 is 1.05 bits per heavy atom. The van der Waals surface area contributed by atoms with Crippen molar-refractivity contribution in [2.75, 3.05) is 11.9 Å². The molecule has 0 heterocycles. The lowest BCUT2D eigenvalue weighted by Crippen LogP contribution is -2.20. The van der Waals surface area contributed by atoms with Crippen LogP contribution in [0.1, 0.15) is 13.8 Å². The summed E-state index contributed by atoms with van der Waals surface area (Å²) in [5.74, 6) is -0.137. The van der Waals surface area contributed by atoms with Crippen molar-refractivity contribution in [1.82, 2.24) is 0 Å². The number of benzene rings is 2. The van der Waals surface area contributed by atoms with E-state index >= 15 is 0 Å². The molecule has 0 aliphatic heterocycles. The van der Waals surface area contributed by atoms with Gasteiger partial charge >= 0.3 is 0 Å². The second kappa shape index (κ2) is 6.87. The molecule has 0 fully saturated rings. The molecular formula is C17H19NO2. The number of rotatable bonds is 5. The van der Waals surface area contributed by atoms with Crippen molar-refractivity contribution >= 4 is 11.6 Å². The van der Waals surface area contributed by atoms with Gasteiger partial charge in [-0.05, 0) is 25.5 Å². The van der Waals surface area contributed by atoms with E-state index in [1.807, 2.05) is 68.4 Å². The van der Waals surface area contributed by atoms with E-state index in [4.69, 9.17) is 4.74 Å². The van der Waals surface area contributed by atoms with Gasteiger partial charge in [-0.3, -0.25) is 4.79 Å². The molecule has 0 bridgehead atoms. The molecule has 3 heteroatoms. The zero-order chi connectivity index (χ0) is 14.4. The summed E-state index contributed by atoms with van der Waals surface area (Å²) in [7, 11) is 0. The maximum atomic E-state index is 11.9. The van der Waals surface area contributed by atoms with E-state index < -0.39 is 0 Å². The topological polar surface area (TPSA) is 38.3 Å². The molecular weight excluding hydrogens is 250 g/mol. The summed E-state index contributed by atoms with van der Waals surface area (Å²) in [5.41, 5.74) is 2.88. The number of hydrogen-bond acceptors (Lipinski definition) is 2. The van der Waals surface area contributed by atoms with Crippen LogP contribution in [0.2, 0.25) is 0 Å². The number of nitrogens with one attached hydrogen (secondary N) is 1. The summed E-state index contributed by atoms with van der Waals surface area (Å²) < 4.78 is 5.31. The maximum absolute atomic E-state index is 11.9. The van der Waals surface area contributed by atoms with Crippen LogP contribution in [0, 0.1) is 0 Å². The van der Waals surface area contributed by atoms with Crippen molar-refractivity contribution in [1.29, 1.82) is 0 Å². The quantitative estimate of drug-likeness (QED) is 0.898. The minimum atomic E-state index is -0.137. The van der Waals surface area contributed by atoms with E-state index in [9.17, 15) is 4.79 Å². The first-order chi connectivity index (χ1) is 9.66. The van der Waals surface area contributed by atoms with Crippen LogP contribution < -0.4 is 5.32 Å². The first kappa shape index (κ1) is 14.3. The van der Waals surface area contributed by atoms with E-state index in [0.29, 0.717) is 0 Å². The lowest BCUT2D eigenvalue weighted by atomic mass is 10.0. The number of anilines is 1. The van der Waals surface area contributed by atoms with Crippen LogP contribution in [-0.4, -0.2) is 18.6 Å². The average molecular weight is 269 g/mol. The third-order valence-corrected chi connectivity index (χ3v) is 2.83. The molecule has 3 nitrogen and oxygen atoms in total. The van der Waals surface area contributed by atoms with Crippen LogP contribution >= 0.6 is 0 Å². The fourth-order valence-corrected chi connectivity index (χ4v) is 1.89. The number of carbonyl (C=O) groups is 1. The molecule has 1 amide bonds. The number of carbonyl (C=O) groups excluding carboxylic acids is 1. The molecule has 0 unspecified atom stereocenters. The molecule has 2 aromatic rings. The van der Waals surface area contributed by atoms with Gasteiger partial charge in [0, 0.05) is 11.3 Å². The van der Waals surface area contributed by atoms with Gasteiger partial charge in [0.1, 0.15) is 6.61 Å². The molecule has 0 saturated heterocycles. The summed E-state index contributed by atoms with van der Waals surface area (Å²) in [6.07, 6.45) is 0.0464. The zero-order valence-electron chi connectivity index (χ0n) is 11.8. The lowest BCUT2D eigenvalue weighted by Gasteiger charge is -2.12. The molecule has 0 atom stereocenters. The Balaban J connectivity index is 2.15. The largest absolute Gasteiger partial charge is 0.369 e. The highest BCUT2D eigenvalue weighted by Gasteiger charge is 2.08. The van der Waals surface area contributed by atoms with Crippen LogP contribution in [0.25, 0.3) is 11.1 Å². The van der Waals surface area contributed by atoms with E-state index in [0.717, 1.165) is 16.8 Å². The van der Waals surface area contributed by atoms with Gasteiger partial charge in [0.15, 0.2) is 0 Å². The summed E-state index contributed by atoms with van der Waals surface area (Å²) in [6.45, 7) is 3.89. The third kappa shape index (κ3) is 3.93. The SMILES string of the molecule is CC(C)OCC(=O)Nc1ccccc1-c1ccccc1. The molecule has 0 radical (unpaired) electrons. The van der Waals surface area contributed by atoms with Crippen molar-refractivity contribution in [3.05, 3.63) is 54.6 Å². The van der Waals surface area contributed by atoms with Gasteiger partial charge in [0.05, 0.1) is 6.10 Å². The number of hydrogen-bond donors (Lipinski definition) is 1. The molecule has 0 aromatic heterocycles. The van der Waals surface area contributed by atoms with Crippen molar-refractivity contribution in [3.8, 4) is 11.1 Å². The maximum Gasteiger partial charge on any atom is 0.250 e. The Hall–Kier alpha value is -2.13. The molecule has 1 N–H and O–H groups in total. The minimum absolute atomic E-state index is 0.0464. The predicted molar refractivity (Wildman–Crippen MR) is 81.6 cm³/mol. The summed E-state index contributed by atoms with van der Waals surface area (Å²) in [4.78, 5) is 11.9. The first-order valence-electron chi connectivity index (χ1n) is 6.72. The second-order valence-electron chi connectivity index (χ2n) is 4.82. The van der Waals surface area contributed by atoms with Gasteiger partial charge < -0.3 is 10.1 Å². The molecule has 0 aliphatic carbocycles. The molecule has 20 heavy (non-hydrogen) atoms. The van der Waals surface area contributed by atoms with Crippen molar-refractivity contribution in [2.45, 2.75) is 20.0 Å². The highest BCUT2D eigenvalue weighted by Crippen LogP contribution is 2.27. The standard InChI is InChI=1S/C17H19NO2/c1-13(2)20-12-17(19)18-16-11-7-6-10-15(16)14-8-4-3-5-9-14/h3-11,13H,12H2,1-2H3,(H,18,19). The van der Waals surface area contributed by atoms with Crippen LogP contribution in [0.5, 0.6) is 0 Å². The van der Waals surface area contributed by atoms with E-state index in [-0.39, 0.29) is 18.6 Å². The monoisotopic (exact) mass is 269 g/mol. The van der Waals surface area contributed by atoms with Crippen molar-refractivity contribution < 1.29 is 9.53 Å². The fourth-order valence-electron chi connectivity index (χ4n) is 1.89. The normalized spacial score (nSPS) is 10.6. The Kier molecular flexibility index (Phi) is 4.91. The Bertz CT molecular complexity index is 564. The van der Waals surface area contributed by atoms with E-state index in [1.54, 1.807) is 0 Å². The fraction of sp³-hybridized carbons (Fsp3) is 0.235. The van der Waals surface area contributed by atoms with Crippen molar-refractivity contribution in [3.63, 3.8) is 0 Å². The van der Waals surface area contributed by atoms with Gasteiger partial charge in [-0.15, -0.1) is 0 Å². The Morgan fingerprint density at radius 2 is 1.70 bits per heavy atom.